The molecule has 18 heavy (non-hydrogen) atoms. The highest BCUT2D eigenvalue weighted by Gasteiger charge is 2.33. The summed E-state index contributed by atoms with van der Waals surface area (Å²) in [6.45, 7) is 3.92. The zero-order chi connectivity index (χ0) is 12.9. The molecule has 102 valence electrons. The van der Waals surface area contributed by atoms with Crippen LogP contribution in [0.2, 0.25) is 0 Å². The Bertz CT molecular complexity index is 371. The predicted octanol–water partition coefficient (Wildman–Crippen LogP) is 2.62. The van der Waals surface area contributed by atoms with Crippen LogP contribution in [0, 0.1) is 0 Å². The SMILES string of the molecule is COC(=O)[C@@H](N)C(C)(C)SCc1ccccc1.Cl. The normalized spacial score (nSPS) is 12.4. The molecule has 5 heteroatoms. The molecular formula is C13H20ClNO2S. The zero-order valence-corrected chi connectivity index (χ0v) is 12.5. The van der Waals surface area contributed by atoms with Crippen LogP contribution in [0.25, 0.3) is 0 Å². The summed E-state index contributed by atoms with van der Waals surface area (Å²) in [6, 6.07) is 9.51. The van der Waals surface area contributed by atoms with Crippen LogP contribution in [-0.4, -0.2) is 23.9 Å². The Labute approximate surface area is 119 Å². The van der Waals surface area contributed by atoms with Crippen LogP contribution in [0.3, 0.4) is 0 Å². The molecule has 3 nitrogen and oxygen atoms in total. The molecule has 0 aliphatic heterocycles. The van der Waals surface area contributed by atoms with Crippen molar-refractivity contribution < 1.29 is 9.53 Å². The fourth-order valence-electron chi connectivity index (χ4n) is 1.34. The van der Waals surface area contributed by atoms with Crippen molar-refractivity contribution in [3.63, 3.8) is 0 Å². The van der Waals surface area contributed by atoms with Crippen molar-refractivity contribution >= 4 is 30.1 Å². The number of carbonyl (C=O) groups excluding carboxylic acids is 1. The van der Waals surface area contributed by atoms with Gasteiger partial charge in [-0.2, -0.15) is 0 Å². The number of benzene rings is 1. The van der Waals surface area contributed by atoms with Gasteiger partial charge in [0.2, 0.25) is 0 Å². The number of ether oxygens (including phenoxy) is 1. The van der Waals surface area contributed by atoms with Gasteiger partial charge >= 0.3 is 5.97 Å². The minimum atomic E-state index is -0.610. The van der Waals surface area contributed by atoms with Crippen LogP contribution in [0.15, 0.2) is 30.3 Å². The number of esters is 1. The van der Waals surface area contributed by atoms with Crippen molar-refractivity contribution in [1.29, 1.82) is 0 Å². The molecule has 0 saturated heterocycles. The van der Waals surface area contributed by atoms with Crippen LogP contribution >= 0.6 is 24.2 Å². The third kappa shape index (κ3) is 4.88. The first-order valence-electron chi connectivity index (χ1n) is 5.48. The van der Waals surface area contributed by atoms with Crippen molar-refractivity contribution in [2.75, 3.05) is 7.11 Å². The third-order valence-electron chi connectivity index (χ3n) is 2.66. The van der Waals surface area contributed by atoms with Gasteiger partial charge in [-0.1, -0.05) is 30.3 Å². The van der Waals surface area contributed by atoms with E-state index in [1.807, 2.05) is 32.0 Å². The van der Waals surface area contributed by atoms with E-state index in [0.29, 0.717) is 0 Å². The average Bonchev–Trinajstić information content (AvgIpc) is 2.36. The standard InChI is InChI=1S/C13H19NO2S.ClH/c1-13(2,11(14)12(15)16-3)17-9-10-7-5-4-6-8-10;/h4-8,11H,9,14H2,1-3H3;1H/t11-;/m1./s1. The highest BCUT2D eigenvalue weighted by Crippen LogP contribution is 2.30. The largest absolute Gasteiger partial charge is 0.468 e. The number of carbonyl (C=O) groups is 1. The summed E-state index contributed by atoms with van der Waals surface area (Å²) in [5.41, 5.74) is 7.10. The maximum atomic E-state index is 11.4. The van der Waals surface area contributed by atoms with E-state index in [1.165, 1.54) is 12.7 Å². The van der Waals surface area contributed by atoms with E-state index in [4.69, 9.17) is 5.73 Å². The predicted molar refractivity (Wildman–Crippen MR) is 79.1 cm³/mol. The van der Waals surface area contributed by atoms with Crippen molar-refractivity contribution in [1.82, 2.24) is 0 Å². The van der Waals surface area contributed by atoms with Crippen LogP contribution in [0.5, 0.6) is 0 Å². The maximum Gasteiger partial charge on any atom is 0.324 e. The molecule has 0 bridgehead atoms. The van der Waals surface area contributed by atoms with E-state index in [1.54, 1.807) is 11.8 Å². The molecule has 1 rings (SSSR count). The number of nitrogens with two attached hydrogens (primary N) is 1. The molecule has 0 amide bonds. The molecule has 2 N–H and O–H groups in total. The monoisotopic (exact) mass is 289 g/mol. The Morgan fingerprint density at radius 1 is 1.39 bits per heavy atom. The van der Waals surface area contributed by atoms with Crippen LogP contribution in [0.4, 0.5) is 0 Å². The Balaban J connectivity index is 0.00000289. The van der Waals surface area contributed by atoms with Crippen LogP contribution in [0.1, 0.15) is 19.4 Å². The topological polar surface area (TPSA) is 52.3 Å². The molecule has 0 aromatic heterocycles. The fourth-order valence-corrected chi connectivity index (χ4v) is 2.35. The van der Waals surface area contributed by atoms with E-state index in [-0.39, 0.29) is 23.1 Å². The molecule has 0 heterocycles. The van der Waals surface area contributed by atoms with Gasteiger partial charge in [-0.25, -0.2) is 0 Å². The van der Waals surface area contributed by atoms with E-state index in [2.05, 4.69) is 16.9 Å². The molecule has 0 radical (unpaired) electrons. The summed E-state index contributed by atoms with van der Waals surface area (Å²) in [5, 5.41) is 0. The van der Waals surface area contributed by atoms with Gasteiger partial charge in [0.05, 0.1) is 7.11 Å². The zero-order valence-electron chi connectivity index (χ0n) is 10.9. The number of halogens is 1. The summed E-state index contributed by atoms with van der Waals surface area (Å²) >= 11 is 1.66. The van der Waals surface area contributed by atoms with Gasteiger partial charge in [-0.15, -0.1) is 24.2 Å². The summed E-state index contributed by atoms with van der Waals surface area (Å²) in [4.78, 5) is 11.4. The summed E-state index contributed by atoms with van der Waals surface area (Å²) in [6.07, 6.45) is 0. The second-order valence-electron chi connectivity index (χ2n) is 4.38. The Morgan fingerprint density at radius 2 is 1.94 bits per heavy atom. The minimum Gasteiger partial charge on any atom is -0.468 e. The summed E-state index contributed by atoms with van der Waals surface area (Å²) in [5.74, 6) is 0.467. The van der Waals surface area contributed by atoms with Gasteiger partial charge in [0.15, 0.2) is 0 Å². The number of methoxy groups -OCH3 is 1. The van der Waals surface area contributed by atoms with Gasteiger partial charge in [0.25, 0.3) is 0 Å². The highest BCUT2D eigenvalue weighted by molar-refractivity contribution is 7.99. The Hall–Kier alpha value is -0.710. The van der Waals surface area contributed by atoms with E-state index < -0.39 is 6.04 Å². The number of thioether (sulfide) groups is 1. The second kappa shape index (κ2) is 7.67. The molecule has 1 atom stereocenters. The average molecular weight is 290 g/mol. The lowest BCUT2D eigenvalue weighted by Crippen LogP contribution is -2.47. The molecule has 0 spiro atoms. The van der Waals surface area contributed by atoms with E-state index >= 15 is 0 Å². The van der Waals surface area contributed by atoms with Gasteiger partial charge < -0.3 is 10.5 Å². The van der Waals surface area contributed by atoms with Crippen molar-refractivity contribution in [2.45, 2.75) is 30.4 Å². The Kier molecular flexibility index (Phi) is 7.36. The summed E-state index contributed by atoms with van der Waals surface area (Å²) < 4.78 is 4.33. The van der Waals surface area contributed by atoms with Gasteiger partial charge in [-0.05, 0) is 19.4 Å². The maximum absolute atomic E-state index is 11.4. The molecule has 0 aliphatic carbocycles. The fraction of sp³-hybridized carbons (Fsp3) is 0.462. The minimum absolute atomic E-state index is 0. The smallest absolute Gasteiger partial charge is 0.324 e. The van der Waals surface area contributed by atoms with Gasteiger partial charge in [0.1, 0.15) is 6.04 Å². The summed E-state index contributed by atoms with van der Waals surface area (Å²) in [7, 11) is 1.36. The second-order valence-corrected chi connectivity index (χ2v) is 6.01. The van der Waals surface area contributed by atoms with E-state index in [0.717, 1.165) is 5.75 Å². The first kappa shape index (κ1) is 17.3. The van der Waals surface area contributed by atoms with Gasteiger partial charge in [0, 0.05) is 10.5 Å². The van der Waals surface area contributed by atoms with Crippen molar-refractivity contribution in [3.05, 3.63) is 35.9 Å². The first-order valence-corrected chi connectivity index (χ1v) is 6.47. The third-order valence-corrected chi connectivity index (χ3v) is 4.13. The molecule has 0 saturated carbocycles. The Morgan fingerprint density at radius 3 is 2.44 bits per heavy atom. The number of hydrogen-bond acceptors (Lipinski definition) is 4. The molecule has 0 aliphatic rings. The van der Waals surface area contributed by atoms with Gasteiger partial charge in [-0.3, -0.25) is 4.79 Å². The number of hydrogen-bond donors (Lipinski definition) is 1. The van der Waals surface area contributed by atoms with Crippen molar-refractivity contribution in [2.24, 2.45) is 5.73 Å². The lowest BCUT2D eigenvalue weighted by atomic mass is 10.1. The molecule has 0 unspecified atom stereocenters. The number of rotatable bonds is 5. The molecular weight excluding hydrogens is 270 g/mol. The quantitative estimate of drug-likeness (QED) is 0.847. The molecule has 1 aromatic carbocycles. The lowest BCUT2D eigenvalue weighted by molar-refractivity contribution is -0.142. The lowest BCUT2D eigenvalue weighted by Gasteiger charge is -2.29. The van der Waals surface area contributed by atoms with Crippen molar-refractivity contribution in [3.8, 4) is 0 Å². The first-order chi connectivity index (χ1) is 7.97. The molecule has 0 fully saturated rings. The van der Waals surface area contributed by atoms with Crippen LogP contribution < -0.4 is 5.73 Å². The highest BCUT2D eigenvalue weighted by atomic mass is 35.5. The van der Waals surface area contributed by atoms with Crippen LogP contribution in [-0.2, 0) is 15.3 Å². The molecule has 1 aromatic rings. The van der Waals surface area contributed by atoms with E-state index in [9.17, 15) is 4.79 Å².